The maximum absolute atomic E-state index is 13.9. The van der Waals surface area contributed by atoms with Gasteiger partial charge in [0.2, 0.25) is 0 Å². The van der Waals surface area contributed by atoms with Gasteiger partial charge in [0.25, 0.3) is 5.91 Å². The van der Waals surface area contributed by atoms with Crippen LogP contribution in [-0.4, -0.2) is 34.0 Å². The number of nitrogens with zero attached hydrogens (tertiary/aromatic N) is 4. The van der Waals surface area contributed by atoms with Crippen molar-refractivity contribution < 1.29 is 22.4 Å². The molecule has 7 nitrogen and oxygen atoms in total. The lowest BCUT2D eigenvalue weighted by Crippen LogP contribution is -2.40. The van der Waals surface area contributed by atoms with E-state index in [0.717, 1.165) is 17.7 Å². The Morgan fingerprint density at radius 1 is 1.02 bits per heavy atom. The van der Waals surface area contributed by atoms with Crippen LogP contribution in [0.1, 0.15) is 48.2 Å². The van der Waals surface area contributed by atoms with Crippen LogP contribution in [0.4, 0.5) is 18.9 Å². The summed E-state index contributed by atoms with van der Waals surface area (Å²) in [6.45, 7) is 12.5. The van der Waals surface area contributed by atoms with Crippen LogP contribution in [0.25, 0.3) is 22.5 Å². The zero-order chi connectivity index (χ0) is 30.2. The zero-order valence-corrected chi connectivity index (χ0v) is 25.2. The topological polar surface area (TPSA) is 81.9 Å². The van der Waals surface area contributed by atoms with Gasteiger partial charge in [0.15, 0.2) is 8.32 Å². The Morgan fingerprint density at radius 2 is 1.71 bits per heavy atom. The molecule has 2 aromatic carbocycles. The first kappa shape index (κ1) is 30.1. The molecule has 0 aliphatic carbocycles. The first-order chi connectivity index (χ1) is 19.1. The number of alkyl halides is 3. The third-order valence-electron chi connectivity index (χ3n) is 7.33. The number of carbonyl (C=O) groups is 1. The molecule has 0 aliphatic heterocycles. The third kappa shape index (κ3) is 6.74. The molecule has 0 saturated carbocycles. The van der Waals surface area contributed by atoms with Crippen molar-refractivity contribution in [3.8, 4) is 22.5 Å². The van der Waals surface area contributed by atoms with Gasteiger partial charge in [-0.2, -0.15) is 18.3 Å². The molecule has 0 unspecified atom stereocenters. The predicted molar refractivity (Wildman–Crippen MR) is 156 cm³/mol. The van der Waals surface area contributed by atoms with Crippen LogP contribution in [0, 0.1) is 6.92 Å². The van der Waals surface area contributed by atoms with Gasteiger partial charge in [-0.15, -0.1) is 0 Å². The second-order valence-corrected chi connectivity index (χ2v) is 16.3. The van der Waals surface area contributed by atoms with Gasteiger partial charge in [-0.05, 0) is 49.3 Å². The average molecular weight is 582 g/mol. The fourth-order valence-electron chi connectivity index (χ4n) is 4.03. The molecule has 0 atom stereocenters. The van der Waals surface area contributed by atoms with Gasteiger partial charge in [-0.3, -0.25) is 9.48 Å². The van der Waals surface area contributed by atoms with Crippen molar-refractivity contribution in [1.29, 1.82) is 0 Å². The molecule has 4 rings (SSSR count). The molecule has 11 heteroatoms. The van der Waals surface area contributed by atoms with Gasteiger partial charge < -0.3 is 9.74 Å². The highest BCUT2D eigenvalue weighted by Crippen LogP contribution is 2.39. The average Bonchev–Trinajstić information content (AvgIpc) is 3.33. The summed E-state index contributed by atoms with van der Waals surface area (Å²) in [5.41, 5.74) is 1.18. The monoisotopic (exact) mass is 581 g/mol. The van der Waals surface area contributed by atoms with Gasteiger partial charge in [-0.25, -0.2) is 9.97 Å². The fourth-order valence-corrected chi connectivity index (χ4v) is 4.96. The first-order valence-electron chi connectivity index (χ1n) is 13.2. The number of carbonyl (C=O) groups excluding carboxylic acids is 1. The van der Waals surface area contributed by atoms with E-state index in [0.29, 0.717) is 22.9 Å². The molecule has 2 aromatic heterocycles. The lowest BCUT2D eigenvalue weighted by atomic mass is 10.00. The molecular weight excluding hydrogens is 547 g/mol. The van der Waals surface area contributed by atoms with Crippen LogP contribution in [0.5, 0.6) is 0 Å². The third-order valence-corrected chi connectivity index (χ3v) is 11.8. The van der Waals surface area contributed by atoms with Crippen LogP contribution in [-0.2, 0) is 24.3 Å². The molecule has 0 spiro atoms. The highest BCUT2D eigenvalue weighted by molar-refractivity contribution is 6.74. The second kappa shape index (κ2) is 11.2. The summed E-state index contributed by atoms with van der Waals surface area (Å²) >= 11 is 0. The molecule has 1 amide bonds. The summed E-state index contributed by atoms with van der Waals surface area (Å²) in [6.07, 6.45) is -3.08. The standard InChI is InChI=1S/C30H34F3N5O2Si/c1-19-34-25(18-40-41(6,7)29(2,3)4)27(26(35-19)20-11-9-8-10-12-20)36-28(39)21-13-14-23(30(31,32)33)22(17-21)24-15-16-38(5)37-24/h8-17H,18H2,1-7H3,(H,36,39). The number of aromatic nitrogens is 4. The number of rotatable bonds is 7. The number of anilines is 1. The zero-order valence-electron chi connectivity index (χ0n) is 24.2. The van der Waals surface area contributed by atoms with Gasteiger partial charge in [0.1, 0.15) is 5.82 Å². The lowest BCUT2D eigenvalue weighted by molar-refractivity contribution is -0.137. The van der Waals surface area contributed by atoms with Crippen LogP contribution >= 0.6 is 0 Å². The molecule has 0 radical (unpaired) electrons. The SMILES string of the molecule is Cc1nc(CO[Si](C)(C)C(C)(C)C)c(NC(=O)c2ccc(C(F)(F)F)c(-c3ccn(C)n3)c2)c(-c2ccccc2)n1. The molecule has 4 aromatic rings. The van der Waals surface area contributed by atoms with Crippen molar-refractivity contribution in [2.45, 2.75) is 58.6 Å². The summed E-state index contributed by atoms with van der Waals surface area (Å²) in [5.74, 6) is -0.100. The maximum atomic E-state index is 13.9. The molecule has 41 heavy (non-hydrogen) atoms. The Kier molecular flexibility index (Phi) is 8.24. The number of aryl methyl sites for hydroxylation is 2. The van der Waals surface area contributed by atoms with Crippen LogP contribution in [0.2, 0.25) is 18.1 Å². The minimum absolute atomic E-state index is 0.0366. The molecule has 0 bridgehead atoms. The number of amides is 1. The van der Waals surface area contributed by atoms with Crippen LogP contribution in [0.3, 0.4) is 0 Å². The molecule has 216 valence electrons. The summed E-state index contributed by atoms with van der Waals surface area (Å²) < 4.78 is 49.4. The quantitative estimate of drug-likeness (QED) is 0.227. The molecular formula is C30H34F3N5O2Si. The maximum Gasteiger partial charge on any atom is 0.417 e. The van der Waals surface area contributed by atoms with Crippen LogP contribution < -0.4 is 5.32 Å². The van der Waals surface area contributed by atoms with Crippen molar-refractivity contribution in [2.24, 2.45) is 7.05 Å². The van der Waals surface area contributed by atoms with E-state index in [1.165, 1.54) is 16.8 Å². The fraction of sp³-hybridized carbons (Fsp3) is 0.333. The Balaban J connectivity index is 1.79. The van der Waals surface area contributed by atoms with Crippen molar-refractivity contribution >= 4 is 19.9 Å². The lowest BCUT2D eigenvalue weighted by Gasteiger charge is -2.36. The summed E-state index contributed by atoms with van der Waals surface area (Å²) in [6, 6.07) is 14.1. The number of halogens is 3. The van der Waals surface area contributed by atoms with E-state index in [1.54, 1.807) is 20.2 Å². The van der Waals surface area contributed by atoms with Crippen molar-refractivity contribution in [3.05, 3.63) is 83.4 Å². The van der Waals surface area contributed by atoms with E-state index in [2.05, 4.69) is 54.2 Å². The van der Waals surface area contributed by atoms with Crippen molar-refractivity contribution in [1.82, 2.24) is 19.7 Å². The van der Waals surface area contributed by atoms with Crippen LogP contribution in [0.15, 0.2) is 60.8 Å². The van der Waals surface area contributed by atoms with Gasteiger partial charge in [-0.1, -0.05) is 51.1 Å². The highest BCUT2D eigenvalue weighted by Gasteiger charge is 2.38. The van der Waals surface area contributed by atoms with E-state index < -0.39 is 26.0 Å². The molecule has 0 fully saturated rings. The summed E-state index contributed by atoms with van der Waals surface area (Å²) in [7, 11) is -0.570. The Labute approximate surface area is 238 Å². The molecule has 0 saturated heterocycles. The normalized spacial score (nSPS) is 12.4. The number of hydrogen-bond acceptors (Lipinski definition) is 5. The Morgan fingerprint density at radius 3 is 2.29 bits per heavy atom. The Hall–Kier alpha value is -3.83. The smallest absolute Gasteiger partial charge is 0.411 e. The predicted octanol–water partition coefficient (Wildman–Crippen LogP) is 7.65. The van der Waals surface area contributed by atoms with Crippen molar-refractivity contribution in [3.63, 3.8) is 0 Å². The van der Waals surface area contributed by atoms with Gasteiger partial charge in [0.05, 0.1) is 34.9 Å². The van der Waals surface area contributed by atoms with E-state index in [-0.39, 0.29) is 28.5 Å². The number of hydrogen-bond donors (Lipinski definition) is 1. The first-order valence-corrected chi connectivity index (χ1v) is 16.1. The number of nitrogens with one attached hydrogen (secondary N) is 1. The van der Waals surface area contributed by atoms with Crippen molar-refractivity contribution in [2.75, 3.05) is 5.32 Å². The minimum atomic E-state index is -4.62. The Bertz CT molecular complexity index is 1560. The summed E-state index contributed by atoms with van der Waals surface area (Å²) in [5, 5.41) is 6.99. The second-order valence-electron chi connectivity index (χ2n) is 11.4. The van der Waals surface area contributed by atoms with E-state index >= 15 is 0 Å². The van der Waals surface area contributed by atoms with Gasteiger partial charge >= 0.3 is 6.18 Å². The molecule has 1 N–H and O–H groups in total. The highest BCUT2D eigenvalue weighted by atomic mass is 28.4. The largest absolute Gasteiger partial charge is 0.417 e. The minimum Gasteiger partial charge on any atom is -0.411 e. The van der Waals surface area contributed by atoms with Gasteiger partial charge in [0, 0.05) is 29.9 Å². The number of benzene rings is 2. The van der Waals surface area contributed by atoms with E-state index in [1.807, 2.05) is 30.3 Å². The van der Waals surface area contributed by atoms with E-state index in [4.69, 9.17) is 4.43 Å². The molecule has 2 heterocycles. The summed E-state index contributed by atoms with van der Waals surface area (Å²) in [4.78, 5) is 22.9. The van der Waals surface area contributed by atoms with E-state index in [9.17, 15) is 18.0 Å². The molecule has 0 aliphatic rings.